The molecule has 29 heavy (non-hydrogen) atoms. The molecule has 2 aliphatic rings. The van der Waals surface area contributed by atoms with E-state index < -0.39 is 0 Å². The fraction of sp³-hybridized carbons (Fsp3) is 0.318. The monoisotopic (exact) mass is 392 g/mol. The second-order valence-corrected chi connectivity index (χ2v) is 7.66. The molecule has 2 aromatic heterocycles. The van der Waals surface area contributed by atoms with Crippen molar-refractivity contribution < 1.29 is 13.9 Å². The summed E-state index contributed by atoms with van der Waals surface area (Å²) in [5.74, 6) is 0.643. The van der Waals surface area contributed by atoms with Gasteiger partial charge in [-0.05, 0) is 49.6 Å². The van der Waals surface area contributed by atoms with Gasteiger partial charge in [-0.15, -0.1) is 0 Å². The van der Waals surface area contributed by atoms with E-state index in [0.29, 0.717) is 31.0 Å². The van der Waals surface area contributed by atoms with E-state index in [4.69, 9.17) is 4.74 Å². The molecule has 3 aromatic rings. The molecular weight excluding hydrogens is 371 g/mol. The van der Waals surface area contributed by atoms with Gasteiger partial charge in [0.15, 0.2) is 5.82 Å². The number of nitrogens with one attached hydrogen (secondary N) is 2. The van der Waals surface area contributed by atoms with Crippen LogP contribution in [0.2, 0.25) is 0 Å². The molecule has 1 aliphatic heterocycles. The number of nitrogens with zero attached hydrogens (tertiary/aromatic N) is 2. The molecular formula is C22H21FN4O2. The van der Waals surface area contributed by atoms with Crippen molar-refractivity contribution in [2.75, 3.05) is 11.9 Å². The number of hydrogen-bond acceptors (Lipinski definition) is 4. The number of fused-ring (bicyclic) bond motifs is 2. The number of anilines is 1. The van der Waals surface area contributed by atoms with Crippen LogP contribution in [0.1, 0.15) is 30.9 Å². The molecule has 0 radical (unpaired) electrons. The van der Waals surface area contributed by atoms with Crippen molar-refractivity contribution >= 4 is 11.7 Å². The molecule has 3 heterocycles. The Labute approximate surface area is 167 Å². The Morgan fingerprint density at radius 3 is 2.97 bits per heavy atom. The van der Waals surface area contributed by atoms with Crippen LogP contribution < -0.4 is 10.1 Å². The summed E-state index contributed by atoms with van der Waals surface area (Å²) in [6.07, 6.45) is 5.58. The topological polar surface area (TPSA) is 79.9 Å². The summed E-state index contributed by atoms with van der Waals surface area (Å²) >= 11 is 0. The molecule has 5 rings (SSSR count). The summed E-state index contributed by atoms with van der Waals surface area (Å²) in [7, 11) is 0. The molecule has 0 bridgehead atoms. The number of amides is 1. The number of benzene rings is 1. The predicted molar refractivity (Wildman–Crippen MR) is 106 cm³/mol. The van der Waals surface area contributed by atoms with E-state index in [1.807, 2.05) is 19.1 Å². The number of aromatic nitrogens is 3. The van der Waals surface area contributed by atoms with Crippen LogP contribution in [-0.2, 0) is 16.6 Å². The zero-order valence-electron chi connectivity index (χ0n) is 16.0. The third-order valence-electron chi connectivity index (χ3n) is 6.11. The number of pyridine rings is 1. The lowest BCUT2D eigenvalue weighted by Crippen LogP contribution is -2.27. The van der Waals surface area contributed by atoms with Crippen LogP contribution >= 0.6 is 0 Å². The molecule has 148 valence electrons. The highest BCUT2D eigenvalue weighted by atomic mass is 19.1. The number of hydrogen-bond donors (Lipinski definition) is 2. The Balaban J connectivity index is 1.40. The highest BCUT2D eigenvalue weighted by Gasteiger charge is 2.61. The third-order valence-corrected chi connectivity index (χ3v) is 6.11. The summed E-state index contributed by atoms with van der Waals surface area (Å²) in [6.45, 7) is 2.57. The lowest BCUT2D eigenvalue weighted by molar-refractivity contribution is -0.117. The summed E-state index contributed by atoms with van der Waals surface area (Å²) in [5, 5.41) is 10.4. The fourth-order valence-corrected chi connectivity index (χ4v) is 4.49. The highest BCUT2D eigenvalue weighted by Crippen LogP contribution is 2.61. The van der Waals surface area contributed by atoms with Crippen LogP contribution in [0.15, 0.2) is 42.7 Å². The standard InChI is InChI=1S/C22H21FN4O2/c1-2-15-19(13-5-8-24-9-6-13)26-27-20(15)25-21(28)17-12-22(17)7-10-29-18-4-3-14(23)11-16(18)22/h3-6,8-9,11,17H,2,7,10,12H2,1H3,(H2,25,26,27,28)/t17-,22-/m0/s1. The average Bonchev–Trinajstić information content (AvgIpc) is 3.32. The van der Waals surface area contributed by atoms with E-state index in [1.165, 1.54) is 12.1 Å². The SMILES string of the molecule is CCc1c(NC(=O)[C@@H]2C[C@]23CCOc2ccc(F)cc23)n[nH]c1-c1ccncc1. The summed E-state index contributed by atoms with van der Waals surface area (Å²) in [6, 6.07) is 8.37. The first-order valence-electron chi connectivity index (χ1n) is 9.83. The van der Waals surface area contributed by atoms with Gasteiger partial charge in [0, 0.05) is 40.4 Å². The number of carbonyl (C=O) groups is 1. The van der Waals surface area contributed by atoms with Gasteiger partial charge in [-0.3, -0.25) is 14.9 Å². The van der Waals surface area contributed by atoms with Gasteiger partial charge in [-0.2, -0.15) is 5.10 Å². The van der Waals surface area contributed by atoms with Crippen molar-refractivity contribution in [1.29, 1.82) is 0 Å². The number of H-pyrrole nitrogens is 1. The van der Waals surface area contributed by atoms with Crippen LogP contribution in [-0.4, -0.2) is 27.7 Å². The number of aromatic amines is 1. The van der Waals surface area contributed by atoms with E-state index in [9.17, 15) is 9.18 Å². The molecule has 6 nitrogen and oxygen atoms in total. The molecule has 1 amide bonds. The second-order valence-electron chi connectivity index (χ2n) is 7.66. The Kier molecular flexibility index (Phi) is 4.12. The second kappa shape index (κ2) is 6.69. The Hall–Kier alpha value is -3.22. The molecule has 0 unspecified atom stereocenters. The maximum Gasteiger partial charge on any atom is 0.229 e. The smallest absolute Gasteiger partial charge is 0.229 e. The lowest BCUT2D eigenvalue weighted by atomic mass is 9.87. The molecule has 7 heteroatoms. The van der Waals surface area contributed by atoms with Crippen molar-refractivity contribution in [3.05, 3.63) is 59.7 Å². The van der Waals surface area contributed by atoms with E-state index in [-0.39, 0.29) is 23.1 Å². The van der Waals surface area contributed by atoms with Crippen molar-refractivity contribution in [2.45, 2.75) is 31.6 Å². The molecule has 1 spiro atoms. The van der Waals surface area contributed by atoms with E-state index in [2.05, 4.69) is 20.5 Å². The minimum atomic E-state index is -0.337. The third kappa shape index (κ3) is 2.88. The van der Waals surface area contributed by atoms with Crippen LogP contribution in [0.5, 0.6) is 5.75 Å². The Bertz CT molecular complexity index is 1080. The Morgan fingerprint density at radius 2 is 2.17 bits per heavy atom. The Morgan fingerprint density at radius 1 is 1.34 bits per heavy atom. The summed E-state index contributed by atoms with van der Waals surface area (Å²) in [4.78, 5) is 17.1. The van der Waals surface area contributed by atoms with Gasteiger partial charge in [0.1, 0.15) is 11.6 Å². The molecule has 2 N–H and O–H groups in total. The van der Waals surface area contributed by atoms with Crippen LogP contribution in [0.4, 0.5) is 10.2 Å². The van der Waals surface area contributed by atoms with Gasteiger partial charge in [-0.25, -0.2) is 4.39 Å². The number of carbonyl (C=O) groups excluding carboxylic acids is 1. The molecule has 1 saturated carbocycles. The molecule has 0 saturated heterocycles. The van der Waals surface area contributed by atoms with Crippen molar-refractivity contribution in [1.82, 2.24) is 15.2 Å². The summed E-state index contributed by atoms with van der Waals surface area (Å²) < 4.78 is 19.5. The van der Waals surface area contributed by atoms with Crippen molar-refractivity contribution in [3.8, 4) is 17.0 Å². The van der Waals surface area contributed by atoms with Crippen LogP contribution in [0.25, 0.3) is 11.3 Å². The molecule has 1 aliphatic carbocycles. The van der Waals surface area contributed by atoms with Gasteiger partial charge in [0.05, 0.1) is 12.3 Å². The first-order chi connectivity index (χ1) is 14.1. The van der Waals surface area contributed by atoms with Crippen LogP contribution in [0, 0.1) is 11.7 Å². The molecule has 2 atom stereocenters. The summed E-state index contributed by atoms with van der Waals surface area (Å²) in [5.41, 5.74) is 3.28. The van der Waals surface area contributed by atoms with Crippen LogP contribution in [0.3, 0.4) is 0 Å². The van der Waals surface area contributed by atoms with E-state index >= 15 is 0 Å². The quantitative estimate of drug-likeness (QED) is 0.707. The fourth-order valence-electron chi connectivity index (χ4n) is 4.49. The normalized spacial score (nSPS) is 22.1. The largest absolute Gasteiger partial charge is 0.493 e. The zero-order valence-corrected chi connectivity index (χ0v) is 16.0. The van der Waals surface area contributed by atoms with Gasteiger partial charge < -0.3 is 10.1 Å². The van der Waals surface area contributed by atoms with Gasteiger partial charge in [0.25, 0.3) is 0 Å². The van der Waals surface area contributed by atoms with Gasteiger partial charge in [-0.1, -0.05) is 6.92 Å². The van der Waals surface area contributed by atoms with Crippen molar-refractivity contribution in [2.24, 2.45) is 5.92 Å². The van der Waals surface area contributed by atoms with Crippen molar-refractivity contribution in [3.63, 3.8) is 0 Å². The maximum atomic E-state index is 13.8. The first-order valence-corrected chi connectivity index (χ1v) is 9.83. The average molecular weight is 392 g/mol. The van der Waals surface area contributed by atoms with Gasteiger partial charge >= 0.3 is 0 Å². The van der Waals surface area contributed by atoms with E-state index in [0.717, 1.165) is 28.8 Å². The minimum Gasteiger partial charge on any atom is -0.493 e. The number of halogens is 1. The predicted octanol–water partition coefficient (Wildman–Crippen LogP) is 3.85. The highest BCUT2D eigenvalue weighted by molar-refractivity contribution is 5.96. The maximum absolute atomic E-state index is 13.8. The van der Waals surface area contributed by atoms with E-state index in [1.54, 1.807) is 18.5 Å². The number of rotatable bonds is 4. The minimum absolute atomic E-state index is 0.0791. The first kappa shape index (κ1) is 17.8. The zero-order chi connectivity index (χ0) is 20.0. The molecule has 1 fully saturated rings. The number of ether oxygens (including phenoxy) is 1. The molecule has 1 aromatic carbocycles. The van der Waals surface area contributed by atoms with Gasteiger partial charge in [0.2, 0.25) is 5.91 Å². The lowest BCUT2D eigenvalue weighted by Gasteiger charge is -2.26.